The molecule has 19 heavy (non-hydrogen) atoms. The monoisotopic (exact) mass is 277 g/mol. The Morgan fingerprint density at radius 3 is 3.21 bits per heavy atom. The van der Waals surface area contributed by atoms with Crippen molar-refractivity contribution in [2.75, 3.05) is 26.7 Å². The Labute approximate surface area is 117 Å². The van der Waals surface area contributed by atoms with Crippen LogP contribution in [0.4, 0.5) is 0 Å². The van der Waals surface area contributed by atoms with E-state index in [0.717, 1.165) is 37.4 Å². The smallest absolute Gasteiger partial charge is 0.120 e. The van der Waals surface area contributed by atoms with E-state index in [-0.39, 0.29) is 0 Å². The zero-order valence-corrected chi connectivity index (χ0v) is 12.2. The van der Waals surface area contributed by atoms with Gasteiger partial charge in [0.1, 0.15) is 10.8 Å². The number of rotatable bonds is 3. The molecule has 1 N–H and O–H groups in total. The lowest BCUT2D eigenvalue weighted by molar-refractivity contribution is 0.165. The lowest BCUT2D eigenvalue weighted by Crippen LogP contribution is -2.49. The van der Waals surface area contributed by atoms with E-state index in [2.05, 4.69) is 23.2 Å². The fourth-order valence-electron chi connectivity index (χ4n) is 2.44. The van der Waals surface area contributed by atoms with Gasteiger partial charge in [0.15, 0.2) is 0 Å². The number of methoxy groups -OCH3 is 1. The summed E-state index contributed by atoms with van der Waals surface area (Å²) < 4.78 is 6.46. The summed E-state index contributed by atoms with van der Waals surface area (Å²) >= 11 is 1.77. The molecule has 1 aliphatic rings. The molecule has 1 aromatic heterocycles. The topological polar surface area (TPSA) is 37.4 Å². The van der Waals surface area contributed by atoms with E-state index in [0.29, 0.717) is 6.04 Å². The number of thiazole rings is 1. The Morgan fingerprint density at radius 2 is 2.42 bits per heavy atom. The van der Waals surface area contributed by atoms with Crippen molar-refractivity contribution in [2.45, 2.75) is 19.5 Å². The van der Waals surface area contributed by atoms with Crippen molar-refractivity contribution in [1.82, 2.24) is 15.2 Å². The Bertz CT molecular complexity index is 569. The van der Waals surface area contributed by atoms with Gasteiger partial charge in [-0.1, -0.05) is 0 Å². The van der Waals surface area contributed by atoms with Crippen LogP contribution in [0.2, 0.25) is 0 Å². The molecule has 1 aliphatic heterocycles. The van der Waals surface area contributed by atoms with Gasteiger partial charge in [0.25, 0.3) is 0 Å². The largest absolute Gasteiger partial charge is 0.497 e. The summed E-state index contributed by atoms with van der Waals surface area (Å²) in [5.74, 6) is 0.901. The number of fused-ring (bicyclic) bond motifs is 1. The normalized spacial score (nSPS) is 20.8. The first-order valence-corrected chi connectivity index (χ1v) is 7.46. The molecule has 102 valence electrons. The van der Waals surface area contributed by atoms with E-state index in [9.17, 15) is 0 Å². The number of piperazine rings is 1. The maximum absolute atomic E-state index is 5.26. The van der Waals surface area contributed by atoms with Crippen molar-refractivity contribution in [3.8, 4) is 5.75 Å². The van der Waals surface area contributed by atoms with Gasteiger partial charge < -0.3 is 10.1 Å². The number of hydrogen-bond acceptors (Lipinski definition) is 5. The van der Waals surface area contributed by atoms with Crippen molar-refractivity contribution in [3.05, 3.63) is 23.2 Å². The molecule has 1 aromatic carbocycles. The molecular formula is C14H19N3OS. The zero-order chi connectivity index (χ0) is 13.2. The average molecular weight is 277 g/mol. The number of hydrogen-bond donors (Lipinski definition) is 1. The van der Waals surface area contributed by atoms with E-state index < -0.39 is 0 Å². The fourth-order valence-corrected chi connectivity index (χ4v) is 3.46. The summed E-state index contributed by atoms with van der Waals surface area (Å²) in [6.07, 6.45) is 0. The first kappa shape index (κ1) is 12.8. The van der Waals surface area contributed by atoms with Gasteiger partial charge in [0, 0.05) is 25.7 Å². The number of ether oxygens (including phenoxy) is 1. The van der Waals surface area contributed by atoms with Gasteiger partial charge in [0.2, 0.25) is 0 Å². The van der Waals surface area contributed by atoms with Crippen LogP contribution in [0.25, 0.3) is 10.2 Å². The van der Waals surface area contributed by atoms with Crippen LogP contribution in [0, 0.1) is 0 Å². The minimum absolute atomic E-state index is 0.579. The first-order chi connectivity index (χ1) is 9.26. The maximum Gasteiger partial charge on any atom is 0.120 e. The van der Waals surface area contributed by atoms with E-state index in [1.54, 1.807) is 18.4 Å². The second-order valence-electron chi connectivity index (χ2n) is 4.96. The van der Waals surface area contributed by atoms with Crippen LogP contribution in [0.15, 0.2) is 18.2 Å². The van der Waals surface area contributed by atoms with E-state index in [1.807, 2.05) is 12.1 Å². The first-order valence-electron chi connectivity index (χ1n) is 6.64. The second kappa shape index (κ2) is 5.45. The number of nitrogens with one attached hydrogen (secondary N) is 1. The molecule has 1 fully saturated rings. The van der Waals surface area contributed by atoms with Crippen LogP contribution >= 0.6 is 11.3 Å². The summed E-state index contributed by atoms with van der Waals surface area (Å²) in [4.78, 5) is 7.21. The highest BCUT2D eigenvalue weighted by molar-refractivity contribution is 7.18. The van der Waals surface area contributed by atoms with Crippen LogP contribution in [0.5, 0.6) is 5.75 Å². The van der Waals surface area contributed by atoms with Crippen molar-refractivity contribution >= 4 is 21.6 Å². The van der Waals surface area contributed by atoms with Gasteiger partial charge in [-0.15, -0.1) is 11.3 Å². The Hall–Kier alpha value is -1.17. The minimum Gasteiger partial charge on any atom is -0.497 e. The van der Waals surface area contributed by atoms with Gasteiger partial charge in [0.05, 0.1) is 23.9 Å². The molecule has 2 aromatic rings. The van der Waals surface area contributed by atoms with Gasteiger partial charge in [-0.3, -0.25) is 4.90 Å². The molecule has 3 rings (SSSR count). The third-order valence-electron chi connectivity index (χ3n) is 3.62. The van der Waals surface area contributed by atoms with Crippen molar-refractivity contribution in [3.63, 3.8) is 0 Å². The highest BCUT2D eigenvalue weighted by Gasteiger charge is 2.19. The highest BCUT2D eigenvalue weighted by Crippen LogP contribution is 2.27. The Kier molecular flexibility index (Phi) is 3.68. The number of aromatic nitrogens is 1. The summed E-state index contributed by atoms with van der Waals surface area (Å²) in [6, 6.07) is 6.65. The summed E-state index contributed by atoms with van der Waals surface area (Å²) in [5, 5.41) is 4.61. The predicted octanol–water partition coefficient (Wildman–Crippen LogP) is 2.10. The highest BCUT2D eigenvalue weighted by atomic mass is 32.1. The molecule has 0 bridgehead atoms. The average Bonchev–Trinajstić information content (AvgIpc) is 2.82. The molecule has 4 nitrogen and oxygen atoms in total. The van der Waals surface area contributed by atoms with Crippen LogP contribution in [-0.2, 0) is 6.54 Å². The Balaban J connectivity index is 1.81. The molecule has 0 saturated carbocycles. The van der Waals surface area contributed by atoms with Gasteiger partial charge in [-0.25, -0.2) is 4.98 Å². The molecule has 0 aliphatic carbocycles. The summed E-state index contributed by atoms with van der Waals surface area (Å²) in [7, 11) is 1.70. The molecule has 5 heteroatoms. The predicted molar refractivity (Wildman–Crippen MR) is 78.9 cm³/mol. The quantitative estimate of drug-likeness (QED) is 0.932. The van der Waals surface area contributed by atoms with E-state index in [4.69, 9.17) is 9.72 Å². The fraction of sp³-hybridized carbons (Fsp3) is 0.500. The molecule has 0 unspecified atom stereocenters. The summed E-state index contributed by atoms with van der Waals surface area (Å²) in [6.45, 7) is 6.45. The van der Waals surface area contributed by atoms with Crippen LogP contribution < -0.4 is 10.1 Å². The molecule has 1 saturated heterocycles. The number of nitrogens with zero attached hydrogens (tertiary/aromatic N) is 2. The standard InChI is InChI=1S/C14H19N3OS/c1-10-8-15-5-6-17(10)9-14-16-12-4-3-11(18-2)7-13(12)19-14/h3-4,7,10,15H,5-6,8-9H2,1-2H3/t10-/m1/s1. The second-order valence-corrected chi connectivity index (χ2v) is 6.08. The SMILES string of the molecule is COc1ccc2nc(CN3CCNC[C@H]3C)sc2c1. The third-order valence-corrected chi connectivity index (χ3v) is 4.62. The maximum atomic E-state index is 5.26. The molecule has 0 radical (unpaired) electrons. The number of benzene rings is 1. The lowest BCUT2D eigenvalue weighted by Gasteiger charge is -2.33. The van der Waals surface area contributed by atoms with Crippen LogP contribution in [-0.4, -0.2) is 42.7 Å². The van der Waals surface area contributed by atoms with E-state index >= 15 is 0 Å². The molecule has 0 spiro atoms. The minimum atomic E-state index is 0.579. The van der Waals surface area contributed by atoms with Crippen molar-refractivity contribution in [2.24, 2.45) is 0 Å². The van der Waals surface area contributed by atoms with Gasteiger partial charge in [-0.2, -0.15) is 0 Å². The van der Waals surface area contributed by atoms with Crippen molar-refractivity contribution < 1.29 is 4.74 Å². The van der Waals surface area contributed by atoms with Gasteiger partial charge >= 0.3 is 0 Å². The van der Waals surface area contributed by atoms with Gasteiger partial charge in [-0.05, 0) is 25.1 Å². The van der Waals surface area contributed by atoms with E-state index in [1.165, 1.54) is 9.71 Å². The zero-order valence-electron chi connectivity index (χ0n) is 11.3. The Morgan fingerprint density at radius 1 is 1.53 bits per heavy atom. The molecule has 0 amide bonds. The molecular weight excluding hydrogens is 258 g/mol. The lowest BCUT2D eigenvalue weighted by atomic mass is 10.2. The molecule has 2 heterocycles. The summed E-state index contributed by atoms with van der Waals surface area (Å²) in [5.41, 5.74) is 1.07. The molecule has 1 atom stereocenters. The van der Waals surface area contributed by atoms with Crippen LogP contribution in [0.1, 0.15) is 11.9 Å². The third kappa shape index (κ3) is 2.73. The van der Waals surface area contributed by atoms with Crippen LogP contribution in [0.3, 0.4) is 0 Å². The van der Waals surface area contributed by atoms with Crippen molar-refractivity contribution in [1.29, 1.82) is 0 Å².